The number of aromatic nitrogens is 2. The minimum atomic E-state index is -0.101. The highest BCUT2D eigenvalue weighted by Crippen LogP contribution is 2.47. The van der Waals surface area contributed by atoms with Crippen LogP contribution in [-0.2, 0) is 11.8 Å². The van der Waals surface area contributed by atoms with Gasteiger partial charge in [-0.25, -0.2) is 14.8 Å². The number of carbonyl (C=O) groups excluding carboxylic acids is 1. The van der Waals surface area contributed by atoms with Crippen molar-refractivity contribution < 1.29 is 4.79 Å². The van der Waals surface area contributed by atoms with Crippen LogP contribution in [0.1, 0.15) is 29.5 Å². The van der Waals surface area contributed by atoms with Crippen LogP contribution in [0.15, 0.2) is 54.7 Å². The van der Waals surface area contributed by atoms with Gasteiger partial charge >= 0.3 is 6.03 Å². The van der Waals surface area contributed by atoms with E-state index < -0.39 is 0 Å². The van der Waals surface area contributed by atoms with Crippen molar-refractivity contribution in [3.8, 4) is 17.3 Å². The highest BCUT2D eigenvalue weighted by molar-refractivity contribution is 5.89. The molecular weight excluding hydrogens is 400 g/mol. The van der Waals surface area contributed by atoms with Crippen molar-refractivity contribution in [1.82, 2.24) is 14.9 Å². The van der Waals surface area contributed by atoms with E-state index in [0.717, 1.165) is 30.5 Å². The molecule has 1 spiro atoms. The minimum absolute atomic E-state index is 0.0145. The zero-order valence-electron chi connectivity index (χ0n) is 17.9. The van der Waals surface area contributed by atoms with Crippen LogP contribution in [0.3, 0.4) is 0 Å². The Morgan fingerprint density at radius 1 is 1.12 bits per heavy atom. The van der Waals surface area contributed by atoms with Crippen molar-refractivity contribution in [3.63, 3.8) is 0 Å². The van der Waals surface area contributed by atoms with Crippen molar-refractivity contribution in [2.75, 3.05) is 30.8 Å². The van der Waals surface area contributed by atoms with Gasteiger partial charge in [0.1, 0.15) is 0 Å². The van der Waals surface area contributed by atoms with E-state index in [2.05, 4.69) is 46.0 Å². The standard InChI is InChI=1S/C25H24N6O/c1-27-23-28-16-18-14-25(21-5-3-2-4-20(21)22(18)30-23)10-12-31(13-11-25)24(32)29-19-8-6-17(15-26)7-9-19/h2-9,16H,10-14H2,1H3,(H,29,32)(H,27,28,30). The molecule has 2 aliphatic rings. The summed E-state index contributed by atoms with van der Waals surface area (Å²) in [6, 6.07) is 17.4. The third-order valence-corrected chi connectivity index (χ3v) is 6.64. The fourth-order valence-electron chi connectivity index (χ4n) is 4.92. The van der Waals surface area contributed by atoms with E-state index in [0.29, 0.717) is 30.3 Å². The van der Waals surface area contributed by atoms with Crippen LogP contribution < -0.4 is 10.6 Å². The van der Waals surface area contributed by atoms with Crippen molar-refractivity contribution >= 4 is 17.7 Å². The molecule has 2 aromatic carbocycles. The number of piperidine rings is 1. The van der Waals surface area contributed by atoms with Crippen LogP contribution in [0.2, 0.25) is 0 Å². The van der Waals surface area contributed by atoms with Gasteiger partial charge in [-0.05, 0) is 54.7 Å². The van der Waals surface area contributed by atoms with Gasteiger partial charge < -0.3 is 15.5 Å². The summed E-state index contributed by atoms with van der Waals surface area (Å²) in [6.45, 7) is 1.36. The molecule has 1 fully saturated rings. The van der Waals surface area contributed by atoms with Gasteiger partial charge in [-0.3, -0.25) is 0 Å². The van der Waals surface area contributed by atoms with Crippen molar-refractivity contribution in [3.05, 3.63) is 71.4 Å². The third kappa shape index (κ3) is 3.44. The summed E-state index contributed by atoms with van der Waals surface area (Å²) in [4.78, 5) is 23.9. The molecule has 1 aliphatic heterocycles. The number of nitrogens with zero attached hydrogens (tertiary/aromatic N) is 4. The molecule has 1 aliphatic carbocycles. The van der Waals surface area contributed by atoms with E-state index in [1.165, 1.54) is 11.1 Å². The third-order valence-electron chi connectivity index (χ3n) is 6.64. The maximum absolute atomic E-state index is 12.8. The number of amides is 2. The summed E-state index contributed by atoms with van der Waals surface area (Å²) in [5.74, 6) is 0.629. The molecule has 2 amide bonds. The van der Waals surface area contributed by atoms with Gasteiger partial charge in [0.15, 0.2) is 0 Å². The van der Waals surface area contributed by atoms with Crippen molar-refractivity contribution in [2.45, 2.75) is 24.7 Å². The first-order valence-electron chi connectivity index (χ1n) is 10.8. The predicted octanol–water partition coefficient (Wildman–Crippen LogP) is 4.18. The maximum atomic E-state index is 12.8. The Morgan fingerprint density at radius 3 is 2.59 bits per heavy atom. The molecule has 0 bridgehead atoms. The first kappa shape index (κ1) is 20.0. The Morgan fingerprint density at radius 2 is 1.88 bits per heavy atom. The number of carbonyl (C=O) groups is 1. The van der Waals surface area contributed by atoms with Crippen LogP contribution in [0, 0.1) is 11.3 Å². The van der Waals surface area contributed by atoms with Gasteiger partial charge in [0.25, 0.3) is 0 Å². The maximum Gasteiger partial charge on any atom is 0.321 e. The first-order chi connectivity index (χ1) is 15.6. The van der Waals surface area contributed by atoms with E-state index in [-0.39, 0.29) is 11.4 Å². The Hall–Kier alpha value is -3.92. The lowest BCUT2D eigenvalue weighted by Gasteiger charge is -2.45. The number of rotatable bonds is 2. The second-order valence-electron chi connectivity index (χ2n) is 8.43. The topological polar surface area (TPSA) is 93.9 Å². The second-order valence-corrected chi connectivity index (χ2v) is 8.43. The van der Waals surface area contributed by atoms with E-state index in [4.69, 9.17) is 10.2 Å². The number of fused-ring (bicyclic) bond motifs is 4. The number of nitrogens with one attached hydrogen (secondary N) is 2. The van der Waals surface area contributed by atoms with E-state index >= 15 is 0 Å². The highest BCUT2D eigenvalue weighted by atomic mass is 16.2. The summed E-state index contributed by atoms with van der Waals surface area (Å²) < 4.78 is 0. The molecule has 0 saturated carbocycles. The van der Waals surface area contributed by atoms with Gasteiger partial charge in [0.05, 0.1) is 17.3 Å². The summed E-state index contributed by atoms with van der Waals surface area (Å²) in [5, 5.41) is 14.9. The van der Waals surface area contributed by atoms with Gasteiger partial charge in [0.2, 0.25) is 5.95 Å². The number of anilines is 2. The van der Waals surface area contributed by atoms with Crippen molar-refractivity contribution in [2.24, 2.45) is 0 Å². The molecule has 5 rings (SSSR count). The summed E-state index contributed by atoms with van der Waals surface area (Å²) in [6.07, 6.45) is 4.60. The lowest BCUT2D eigenvalue weighted by atomic mass is 9.64. The molecule has 0 unspecified atom stereocenters. The molecule has 7 heteroatoms. The van der Waals surface area contributed by atoms with E-state index in [1.807, 2.05) is 18.1 Å². The predicted molar refractivity (Wildman–Crippen MR) is 123 cm³/mol. The number of benzene rings is 2. The zero-order valence-corrected chi connectivity index (χ0v) is 17.9. The Labute approximate surface area is 187 Å². The Balaban J connectivity index is 1.35. The molecule has 0 atom stereocenters. The molecule has 7 nitrogen and oxygen atoms in total. The van der Waals surface area contributed by atoms with Crippen molar-refractivity contribution in [1.29, 1.82) is 5.26 Å². The molecule has 1 aromatic heterocycles. The summed E-state index contributed by atoms with van der Waals surface area (Å²) in [7, 11) is 1.83. The fourth-order valence-corrected chi connectivity index (χ4v) is 4.92. The van der Waals surface area contributed by atoms with Gasteiger partial charge in [0, 0.05) is 43.0 Å². The fraction of sp³-hybridized carbons (Fsp3) is 0.280. The smallest absolute Gasteiger partial charge is 0.321 e. The first-order valence-corrected chi connectivity index (χ1v) is 10.8. The minimum Gasteiger partial charge on any atom is -0.357 e. The average Bonchev–Trinajstić information content (AvgIpc) is 2.85. The molecule has 3 aromatic rings. The molecule has 2 N–H and O–H groups in total. The molecule has 0 radical (unpaired) electrons. The molecule has 1 saturated heterocycles. The quantitative estimate of drug-likeness (QED) is 0.644. The molecule has 32 heavy (non-hydrogen) atoms. The lowest BCUT2D eigenvalue weighted by molar-refractivity contribution is 0.166. The Kier molecular flexibility index (Phi) is 4.98. The van der Waals surface area contributed by atoms with E-state index in [1.54, 1.807) is 24.3 Å². The largest absolute Gasteiger partial charge is 0.357 e. The SMILES string of the molecule is CNc1ncc2c(n1)-c1ccccc1C1(CCN(C(=O)Nc3ccc(C#N)cc3)CC1)C2. The van der Waals surface area contributed by atoms with Crippen LogP contribution in [0.4, 0.5) is 16.4 Å². The summed E-state index contributed by atoms with van der Waals surface area (Å²) in [5.41, 5.74) is 5.92. The number of hydrogen-bond acceptors (Lipinski definition) is 5. The lowest BCUT2D eigenvalue weighted by Crippen LogP contribution is -2.48. The van der Waals surface area contributed by atoms with Crippen LogP contribution >= 0.6 is 0 Å². The number of urea groups is 1. The number of hydrogen-bond donors (Lipinski definition) is 2. The molecule has 160 valence electrons. The van der Waals surface area contributed by atoms with Crippen LogP contribution in [-0.4, -0.2) is 41.0 Å². The highest BCUT2D eigenvalue weighted by Gasteiger charge is 2.42. The van der Waals surface area contributed by atoms with Gasteiger partial charge in [-0.1, -0.05) is 24.3 Å². The Bertz CT molecular complexity index is 1210. The van der Waals surface area contributed by atoms with Crippen LogP contribution in [0.5, 0.6) is 0 Å². The molecular formula is C25H24N6O. The summed E-state index contributed by atoms with van der Waals surface area (Å²) >= 11 is 0. The molecule has 2 heterocycles. The number of nitriles is 1. The van der Waals surface area contributed by atoms with Gasteiger partial charge in [-0.15, -0.1) is 0 Å². The van der Waals surface area contributed by atoms with E-state index in [9.17, 15) is 4.79 Å². The normalized spacial score (nSPS) is 15.9. The van der Waals surface area contributed by atoms with Gasteiger partial charge in [-0.2, -0.15) is 5.26 Å². The number of likely N-dealkylation sites (tertiary alicyclic amines) is 1. The monoisotopic (exact) mass is 424 g/mol. The average molecular weight is 425 g/mol. The zero-order chi connectivity index (χ0) is 22.1. The van der Waals surface area contributed by atoms with Crippen LogP contribution in [0.25, 0.3) is 11.3 Å². The second kappa shape index (κ2) is 7.97.